The van der Waals surface area contributed by atoms with Crippen LogP contribution in [0.2, 0.25) is 0 Å². The first-order chi connectivity index (χ1) is 7.84. The Kier molecular flexibility index (Phi) is 6.03. The fourth-order valence-electron chi connectivity index (χ4n) is 1.71. The van der Waals surface area contributed by atoms with Gasteiger partial charge in [0.2, 0.25) is 0 Å². The highest BCUT2D eigenvalue weighted by Gasteiger charge is 1.97. The van der Waals surface area contributed by atoms with Crippen LogP contribution in [-0.2, 0) is 0 Å². The highest BCUT2D eigenvalue weighted by molar-refractivity contribution is 5.62. The maximum absolute atomic E-state index is 8.40. The lowest BCUT2D eigenvalue weighted by atomic mass is 10.0. The number of hydrogen-bond donors (Lipinski definition) is 0. The van der Waals surface area contributed by atoms with Gasteiger partial charge in [-0.15, -0.1) is 0 Å². The smallest absolute Gasteiger partial charge is 0.0621 e. The highest BCUT2D eigenvalue weighted by atomic mass is 14.2. The van der Waals surface area contributed by atoms with Gasteiger partial charge >= 0.3 is 0 Å². The molecule has 0 spiro atoms. The maximum atomic E-state index is 8.40. The molecule has 0 radical (unpaired) electrons. The van der Waals surface area contributed by atoms with E-state index in [9.17, 15) is 0 Å². The molecule has 0 aliphatic carbocycles. The van der Waals surface area contributed by atoms with Crippen molar-refractivity contribution in [2.75, 3.05) is 0 Å². The normalized spacial score (nSPS) is 9.69. The molecule has 0 aliphatic heterocycles. The highest BCUT2D eigenvalue weighted by Crippen LogP contribution is 2.19. The predicted molar refractivity (Wildman–Crippen MR) is 68.8 cm³/mol. The molecule has 1 aromatic rings. The average molecular weight is 213 g/mol. The summed E-state index contributed by atoms with van der Waals surface area (Å²) in [4.78, 5) is 0. The first-order valence-corrected chi connectivity index (χ1v) is 5.94. The largest absolute Gasteiger partial charge is 0.198 e. The average Bonchev–Trinajstić information content (AvgIpc) is 2.34. The second-order valence-corrected chi connectivity index (χ2v) is 4.04. The number of nitriles is 1. The molecule has 0 unspecified atom stereocenters. The Hall–Kier alpha value is -1.55. The Balaban J connectivity index is 2.15. The molecule has 1 aromatic carbocycles. The molecular formula is C15H19N. The Morgan fingerprint density at radius 3 is 2.44 bits per heavy atom. The van der Waals surface area contributed by atoms with E-state index in [1.165, 1.54) is 24.0 Å². The number of hydrogen-bond acceptors (Lipinski definition) is 1. The van der Waals surface area contributed by atoms with Crippen molar-refractivity contribution in [3.8, 4) is 6.07 Å². The molecule has 0 saturated carbocycles. The van der Waals surface area contributed by atoms with Gasteiger partial charge in [-0.25, -0.2) is 0 Å². The maximum Gasteiger partial charge on any atom is 0.0621 e. The first kappa shape index (κ1) is 12.5. The fourth-order valence-corrected chi connectivity index (χ4v) is 1.71. The van der Waals surface area contributed by atoms with Crippen molar-refractivity contribution >= 4 is 5.57 Å². The predicted octanol–water partition coefficient (Wildman–Crippen LogP) is 4.56. The summed E-state index contributed by atoms with van der Waals surface area (Å²) >= 11 is 0. The molecule has 0 saturated heterocycles. The topological polar surface area (TPSA) is 23.8 Å². The van der Waals surface area contributed by atoms with E-state index >= 15 is 0 Å². The molecule has 0 fully saturated rings. The second kappa shape index (κ2) is 7.70. The summed E-state index contributed by atoms with van der Waals surface area (Å²) in [6, 6.07) is 12.5. The van der Waals surface area contributed by atoms with Crippen molar-refractivity contribution in [1.29, 1.82) is 5.26 Å². The van der Waals surface area contributed by atoms with E-state index in [0.717, 1.165) is 19.3 Å². The molecule has 0 heterocycles. The summed E-state index contributed by atoms with van der Waals surface area (Å²) in [6.07, 6.45) is 6.34. The van der Waals surface area contributed by atoms with E-state index < -0.39 is 0 Å². The molecule has 16 heavy (non-hydrogen) atoms. The van der Waals surface area contributed by atoms with Crippen LogP contribution < -0.4 is 0 Å². The quantitative estimate of drug-likeness (QED) is 0.609. The van der Waals surface area contributed by atoms with Crippen LogP contribution in [0.4, 0.5) is 0 Å². The van der Waals surface area contributed by atoms with Crippen molar-refractivity contribution in [2.45, 2.75) is 38.5 Å². The van der Waals surface area contributed by atoms with Crippen LogP contribution in [0.3, 0.4) is 0 Å². The number of allylic oxidation sites excluding steroid dienone is 1. The fraction of sp³-hybridized carbons (Fsp3) is 0.400. The third-order valence-electron chi connectivity index (χ3n) is 2.70. The molecule has 0 N–H and O–H groups in total. The monoisotopic (exact) mass is 213 g/mol. The van der Waals surface area contributed by atoms with Crippen LogP contribution in [0, 0.1) is 11.3 Å². The van der Waals surface area contributed by atoms with Gasteiger partial charge in [0, 0.05) is 6.42 Å². The Labute approximate surface area is 98.4 Å². The Bertz CT molecular complexity index is 345. The van der Waals surface area contributed by atoms with Crippen LogP contribution in [0.5, 0.6) is 0 Å². The van der Waals surface area contributed by atoms with Crippen molar-refractivity contribution in [2.24, 2.45) is 0 Å². The first-order valence-electron chi connectivity index (χ1n) is 5.94. The molecule has 0 atom stereocenters. The van der Waals surface area contributed by atoms with Crippen LogP contribution in [0.25, 0.3) is 5.57 Å². The molecule has 0 bridgehead atoms. The minimum absolute atomic E-state index is 0.694. The van der Waals surface area contributed by atoms with Crippen LogP contribution in [0.1, 0.15) is 44.1 Å². The zero-order valence-corrected chi connectivity index (χ0v) is 9.78. The minimum Gasteiger partial charge on any atom is -0.198 e. The Morgan fingerprint density at radius 2 is 1.75 bits per heavy atom. The van der Waals surface area contributed by atoms with E-state index in [1.807, 2.05) is 18.2 Å². The molecule has 1 nitrogen and oxygen atoms in total. The van der Waals surface area contributed by atoms with Gasteiger partial charge in [0.1, 0.15) is 0 Å². The summed E-state index contributed by atoms with van der Waals surface area (Å²) in [7, 11) is 0. The van der Waals surface area contributed by atoms with E-state index in [0.29, 0.717) is 6.42 Å². The molecule has 0 aliphatic rings. The van der Waals surface area contributed by atoms with Gasteiger partial charge in [-0.3, -0.25) is 0 Å². The lowest BCUT2D eigenvalue weighted by Crippen LogP contribution is -1.84. The third kappa shape index (κ3) is 4.79. The van der Waals surface area contributed by atoms with E-state index in [4.69, 9.17) is 5.26 Å². The molecule has 0 amide bonds. The number of rotatable bonds is 7. The van der Waals surface area contributed by atoms with E-state index in [1.54, 1.807) is 0 Å². The number of nitrogens with zero attached hydrogens (tertiary/aromatic N) is 1. The summed E-state index contributed by atoms with van der Waals surface area (Å²) in [5, 5.41) is 8.40. The van der Waals surface area contributed by atoms with Crippen molar-refractivity contribution in [3.05, 3.63) is 42.5 Å². The standard InChI is InChI=1S/C15H19N/c1-14(15-11-7-5-8-12-15)10-6-3-2-4-9-13-16/h5,7-8,11-12H,1-4,6,9-10H2. The van der Waals surface area contributed by atoms with Gasteiger partial charge in [0.05, 0.1) is 6.07 Å². The molecule has 84 valence electrons. The lowest BCUT2D eigenvalue weighted by Gasteiger charge is -2.05. The van der Waals surface area contributed by atoms with E-state index in [2.05, 4.69) is 24.8 Å². The zero-order chi connectivity index (χ0) is 11.6. The second-order valence-electron chi connectivity index (χ2n) is 4.04. The van der Waals surface area contributed by atoms with Gasteiger partial charge < -0.3 is 0 Å². The lowest BCUT2D eigenvalue weighted by molar-refractivity contribution is 0.658. The summed E-state index contributed by atoms with van der Waals surface area (Å²) in [5.74, 6) is 0. The molecule has 1 rings (SSSR count). The molecule has 1 heteroatoms. The third-order valence-corrected chi connectivity index (χ3v) is 2.70. The number of benzene rings is 1. The minimum atomic E-state index is 0.694. The van der Waals surface area contributed by atoms with E-state index in [-0.39, 0.29) is 0 Å². The zero-order valence-electron chi connectivity index (χ0n) is 9.78. The van der Waals surface area contributed by atoms with Gasteiger partial charge in [0.15, 0.2) is 0 Å². The van der Waals surface area contributed by atoms with Gasteiger partial charge in [0.25, 0.3) is 0 Å². The van der Waals surface area contributed by atoms with Crippen molar-refractivity contribution in [1.82, 2.24) is 0 Å². The van der Waals surface area contributed by atoms with Gasteiger partial charge in [-0.2, -0.15) is 5.26 Å². The van der Waals surface area contributed by atoms with Crippen LogP contribution in [0.15, 0.2) is 36.9 Å². The van der Waals surface area contributed by atoms with Gasteiger partial charge in [-0.1, -0.05) is 49.8 Å². The SMILES string of the molecule is C=C(CCCCCCC#N)c1ccccc1. The van der Waals surface area contributed by atoms with Crippen molar-refractivity contribution < 1.29 is 0 Å². The van der Waals surface area contributed by atoms with Crippen molar-refractivity contribution in [3.63, 3.8) is 0 Å². The van der Waals surface area contributed by atoms with Gasteiger partial charge in [-0.05, 0) is 30.4 Å². The summed E-state index contributed by atoms with van der Waals surface area (Å²) < 4.78 is 0. The molecular weight excluding hydrogens is 194 g/mol. The van der Waals surface area contributed by atoms with Crippen LogP contribution >= 0.6 is 0 Å². The Morgan fingerprint density at radius 1 is 1.06 bits per heavy atom. The summed E-state index contributed by atoms with van der Waals surface area (Å²) in [6.45, 7) is 4.11. The number of unbranched alkanes of at least 4 members (excludes halogenated alkanes) is 4. The molecule has 0 aromatic heterocycles. The van der Waals surface area contributed by atoms with Crippen LogP contribution in [-0.4, -0.2) is 0 Å². The summed E-state index contributed by atoms with van der Waals surface area (Å²) in [5.41, 5.74) is 2.47.